The van der Waals surface area contributed by atoms with Crippen molar-refractivity contribution >= 4 is 5.78 Å². The lowest BCUT2D eigenvalue weighted by molar-refractivity contribution is -0.123. The Balaban J connectivity index is 2.37. The minimum absolute atomic E-state index is 0.230. The highest BCUT2D eigenvalue weighted by molar-refractivity contribution is 5.82. The molecule has 1 fully saturated rings. The van der Waals surface area contributed by atoms with Crippen LogP contribution in [0.5, 0.6) is 0 Å². The van der Waals surface area contributed by atoms with E-state index < -0.39 is 0 Å². The topological polar surface area (TPSA) is 20.3 Å². The van der Waals surface area contributed by atoms with E-state index in [2.05, 4.69) is 18.9 Å². The molecule has 0 radical (unpaired) electrons. The SMILES string of the molecule is CCC(C)C(=O)CN(C)C1CCCCCC1. The highest BCUT2D eigenvalue weighted by Gasteiger charge is 2.20. The van der Waals surface area contributed by atoms with Gasteiger partial charge in [-0.2, -0.15) is 0 Å². The first kappa shape index (κ1) is 13.7. The fraction of sp³-hybridized carbons (Fsp3) is 0.929. The Morgan fingerprint density at radius 2 is 1.81 bits per heavy atom. The number of hydrogen-bond donors (Lipinski definition) is 0. The molecule has 1 atom stereocenters. The quantitative estimate of drug-likeness (QED) is 0.669. The van der Waals surface area contributed by atoms with Gasteiger partial charge in [-0.15, -0.1) is 0 Å². The Morgan fingerprint density at radius 1 is 1.25 bits per heavy atom. The summed E-state index contributed by atoms with van der Waals surface area (Å²) in [5, 5.41) is 0. The third-order valence-electron chi connectivity index (χ3n) is 4.02. The van der Waals surface area contributed by atoms with Crippen LogP contribution in [0.4, 0.5) is 0 Å². The molecule has 1 aliphatic rings. The standard InChI is InChI=1S/C14H27NO/c1-4-12(2)14(16)11-15(3)13-9-7-5-6-8-10-13/h12-13H,4-11H2,1-3H3. The summed E-state index contributed by atoms with van der Waals surface area (Å²) in [6, 6.07) is 0.649. The lowest BCUT2D eigenvalue weighted by Gasteiger charge is -2.27. The van der Waals surface area contributed by atoms with Crippen molar-refractivity contribution < 1.29 is 4.79 Å². The second-order valence-corrected chi connectivity index (χ2v) is 5.34. The van der Waals surface area contributed by atoms with Crippen molar-refractivity contribution in [3.05, 3.63) is 0 Å². The van der Waals surface area contributed by atoms with Gasteiger partial charge in [-0.1, -0.05) is 39.5 Å². The van der Waals surface area contributed by atoms with Crippen LogP contribution in [-0.4, -0.2) is 30.3 Å². The molecule has 0 aromatic carbocycles. The zero-order valence-electron chi connectivity index (χ0n) is 11.2. The molecule has 94 valence electrons. The Kier molecular flexibility index (Phi) is 6.04. The van der Waals surface area contributed by atoms with Crippen LogP contribution in [0.1, 0.15) is 58.8 Å². The van der Waals surface area contributed by atoms with Crippen molar-refractivity contribution in [3.63, 3.8) is 0 Å². The molecule has 0 bridgehead atoms. The average molecular weight is 225 g/mol. The maximum absolute atomic E-state index is 11.9. The van der Waals surface area contributed by atoms with E-state index in [0.717, 1.165) is 6.42 Å². The van der Waals surface area contributed by atoms with E-state index in [1.54, 1.807) is 0 Å². The Hall–Kier alpha value is -0.370. The van der Waals surface area contributed by atoms with Crippen LogP contribution in [0.2, 0.25) is 0 Å². The number of carbonyl (C=O) groups excluding carboxylic acids is 1. The minimum Gasteiger partial charge on any atom is -0.298 e. The van der Waals surface area contributed by atoms with Crippen LogP contribution >= 0.6 is 0 Å². The summed E-state index contributed by atoms with van der Waals surface area (Å²) in [4.78, 5) is 14.2. The molecule has 0 heterocycles. The number of rotatable bonds is 5. The smallest absolute Gasteiger partial charge is 0.149 e. The Bertz CT molecular complexity index is 207. The monoisotopic (exact) mass is 225 g/mol. The molecule has 0 aromatic rings. The second kappa shape index (κ2) is 7.05. The number of ketones is 1. The normalized spacial score (nSPS) is 20.8. The molecule has 1 saturated carbocycles. The van der Waals surface area contributed by atoms with E-state index in [-0.39, 0.29) is 5.92 Å². The number of carbonyl (C=O) groups is 1. The van der Waals surface area contributed by atoms with Crippen molar-refractivity contribution in [2.24, 2.45) is 5.92 Å². The highest BCUT2D eigenvalue weighted by Crippen LogP contribution is 2.21. The number of Topliss-reactive ketones (excluding diaryl/α,β-unsaturated/α-hetero) is 1. The minimum atomic E-state index is 0.230. The van der Waals surface area contributed by atoms with Gasteiger partial charge in [0.05, 0.1) is 6.54 Å². The van der Waals surface area contributed by atoms with E-state index in [1.165, 1.54) is 38.5 Å². The molecular weight excluding hydrogens is 198 g/mol. The van der Waals surface area contributed by atoms with Crippen LogP contribution in [-0.2, 0) is 4.79 Å². The molecule has 1 unspecified atom stereocenters. The van der Waals surface area contributed by atoms with E-state index in [4.69, 9.17) is 0 Å². The van der Waals surface area contributed by atoms with Gasteiger partial charge in [0.15, 0.2) is 0 Å². The first-order chi connectivity index (χ1) is 7.65. The summed E-state index contributed by atoms with van der Waals surface area (Å²) in [5.41, 5.74) is 0. The second-order valence-electron chi connectivity index (χ2n) is 5.34. The Morgan fingerprint density at radius 3 is 2.31 bits per heavy atom. The van der Waals surface area contributed by atoms with Gasteiger partial charge >= 0.3 is 0 Å². The summed E-state index contributed by atoms with van der Waals surface area (Å²) >= 11 is 0. The highest BCUT2D eigenvalue weighted by atomic mass is 16.1. The van der Waals surface area contributed by atoms with Gasteiger partial charge in [-0.05, 0) is 26.3 Å². The van der Waals surface area contributed by atoms with Gasteiger partial charge in [-0.25, -0.2) is 0 Å². The molecule has 2 nitrogen and oxygen atoms in total. The molecule has 0 amide bonds. The number of nitrogens with zero attached hydrogens (tertiary/aromatic N) is 1. The molecule has 0 N–H and O–H groups in total. The first-order valence-electron chi connectivity index (χ1n) is 6.88. The number of likely N-dealkylation sites (N-methyl/N-ethyl adjacent to an activating group) is 1. The van der Waals surface area contributed by atoms with Crippen molar-refractivity contribution in [3.8, 4) is 0 Å². The van der Waals surface area contributed by atoms with Crippen molar-refractivity contribution in [2.75, 3.05) is 13.6 Å². The number of hydrogen-bond acceptors (Lipinski definition) is 2. The summed E-state index contributed by atoms with van der Waals surface area (Å²) in [5.74, 6) is 0.641. The van der Waals surface area contributed by atoms with Crippen LogP contribution in [0.15, 0.2) is 0 Å². The molecule has 16 heavy (non-hydrogen) atoms. The zero-order chi connectivity index (χ0) is 12.0. The fourth-order valence-electron chi connectivity index (χ4n) is 2.46. The van der Waals surface area contributed by atoms with Gasteiger partial charge in [-0.3, -0.25) is 9.69 Å². The first-order valence-corrected chi connectivity index (χ1v) is 6.88. The van der Waals surface area contributed by atoms with E-state index >= 15 is 0 Å². The molecule has 0 saturated heterocycles. The maximum atomic E-state index is 11.9. The van der Waals surface area contributed by atoms with Crippen LogP contribution < -0.4 is 0 Å². The van der Waals surface area contributed by atoms with Crippen LogP contribution in [0.25, 0.3) is 0 Å². The molecule has 1 aliphatic carbocycles. The van der Waals surface area contributed by atoms with Crippen molar-refractivity contribution in [1.29, 1.82) is 0 Å². The van der Waals surface area contributed by atoms with Crippen molar-refractivity contribution in [2.45, 2.75) is 64.8 Å². The van der Waals surface area contributed by atoms with E-state index in [9.17, 15) is 4.79 Å². The lowest BCUT2D eigenvalue weighted by Crippen LogP contribution is -2.37. The lowest BCUT2D eigenvalue weighted by atomic mass is 10.0. The third kappa shape index (κ3) is 4.25. The summed E-state index contributed by atoms with van der Waals surface area (Å²) in [6.07, 6.45) is 8.97. The molecule has 0 aromatic heterocycles. The van der Waals surface area contributed by atoms with Crippen LogP contribution in [0.3, 0.4) is 0 Å². The molecular formula is C14H27NO. The summed E-state index contributed by atoms with van der Waals surface area (Å²) in [7, 11) is 2.12. The predicted octanol–water partition coefficient (Wildman–Crippen LogP) is 3.26. The molecule has 0 spiro atoms. The van der Waals surface area contributed by atoms with Gasteiger partial charge in [0.25, 0.3) is 0 Å². The summed E-state index contributed by atoms with van der Waals surface area (Å²) < 4.78 is 0. The van der Waals surface area contributed by atoms with Gasteiger partial charge in [0.1, 0.15) is 5.78 Å². The zero-order valence-corrected chi connectivity index (χ0v) is 11.2. The van der Waals surface area contributed by atoms with Gasteiger partial charge in [0, 0.05) is 12.0 Å². The van der Waals surface area contributed by atoms with E-state index in [1.807, 2.05) is 6.92 Å². The van der Waals surface area contributed by atoms with Crippen LogP contribution in [0, 0.1) is 5.92 Å². The van der Waals surface area contributed by atoms with Gasteiger partial charge in [0.2, 0.25) is 0 Å². The summed E-state index contributed by atoms with van der Waals surface area (Å²) in [6.45, 7) is 4.79. The molecule has 0 aliphatic heterocycles. The maximum Gasteiger partial charge on any atom is 0.149 e. The third-order valence-corrected chi connectivity index (χ3v) is 4.02. The Labute approximate surface area is 100 Å². The fourth-order valence-corrected chi connectivity index (χ4v) is 2.46. The largest absolute Gasteiger partial charge is 0.298 e. The molecule has 1 rings (SSSR count). The average Bonchev–Trinajstić information content (AvgIpc) is 2.56. The molecule has 2 heteroatoms. The predicted molar refractivity (Wildman–Crippen MR) is 68.6 cm³/mol. The van der Waals surface area contributed by atoms with E-state index in [0.29, 0.717) is 18.4 Å². The van der Waals surface area contributed by atoms with Crippen molar-refractivity contribution in [1.82, 2.24) is 4.90 Å². The van der Waals surface area contributed by atoms with Gasteiger partial charge < -0.3 is 0 Å².